The summed E-state index contributed by atoms with van der Waals surface area (Å²) in [6, 6.07) is 3.46. The Kier molecular flexibility index (Phi) is 3.38. The minimum Gasteiger partial charge on any atom is -0.485 e. The zero-order chi connectivity index (χ0) is 14.2. The monoisotopic (exact) mass is 261 g/mol. The van der Waals surface area contributed by atoms with Crippen LogP contribution in [-0.4, -0.2) is 24.2 Å². The van der Waals surface area contributed by atoms with E-state index in [9.17, 15) is 14.4 Å². The van der Waals surface area contributed by atoms with Gasteiger partial charge in [0.05, 0.1) is 5.69 Å². The van der Waals surface area contributed by atoms with Crippen LogP contribution in [-0.2, 0) is 20.8 Å². The molecule has 0 unspecified atom stereocenters. The average Bonchev–Trinajstić information content (AvgIpc) is 2.31. The minimum atomic E-state index is -0.378. The summed E-state index contributed by atoms with van der Waals surface area (Å²) in [5, 5.41) is 0. The van der Waals surface area contributed by atoms with E-state index in [1.807, 2.05) is 6.92 Å². The van der Waals surface area contributed by atoms with Gasteiger partial charge in [-0.25, -0.2) is 0 Å². The average molecular weight is 261 g/mol. The first-order valence-electron chi connectivity index (χ1n) is 6.00. The Bertz CT molecular complexity index is 563. The summed E-state index contributed by atoms with van der Waals surface area (Å²) in [6.07, 6.45) is 0.184. The number of anilines is 1. The summed E-state index contributed by atoms with van der Waals surface area (Å²) in [6.45, 7) is 4.54. The molecule has 0 N–H and O–H groups in total. The molecule has 0 saturated carbocycles. The topological polar surface area (TPSA) is 63.7 Å². The molecule has 0 saturated heterocycles. The predicted molar refractivity (Wildman–Crippen MR) is 69.2 cm³/mol. The van der Waals surface area contributed by atoms with Gasteiger partial charge in [0.2, 0.25) is 11.8 Å². The lowest BCUT2D eigenvalue weighted by Crippen LogP contribution is -2.35. The molecule has 5 heteroatoms. The van der Waals surface area contributed by atoms with Crippen molar-refractivity contribution in [2.24, 2.45) is 0 Å². The maximum atomic E-state index is 11.6. The van der Waals surface area contributed by atoms with Crippen molar-refractivity contribution in [1.29, 1.82) is 0 Å². The fourth-order valence-electron chi connectivity index (χ4n) is 2.28. The van der Waals surface area contributed by atoms with Gasteiger partial charge < -0.3 is 4.74 Å². The van der Waals surface area contributed by atoms with Crippen molar-refractivity contribution < 1.29 is 19.1 Å². The van der Waals surface area contributed by atoms with Gasteiger partial charge in [0, 0.05) is 25.8 Å². The molecule has 0 bridgehead atoms. The number of ketones is 1. The van der Waals surface area contributed by atoms with Gasteiger partial charge >= 0.3 is 0 Å². The number of rotatable bonds is 1. The number of aryl methyl sites for hydroxylation is 1. The Morgan fingerprint density at radius 3 is 2.42 bits per heavy atom. The highest BCUT2D eigenvalue weighted by molar-refractivity contribution is 6.14. The van der Waals surface area contributed by atoms with Crippen molar-refractivity contribution >= 4 is 23.3 Å². The van der Waals surface area contributed by atoms with Crippen molar-refractivity contribution in [1.82, 2.24) is 0 Å². The number of fused-ring (bicyclic) bond motifs is 1. The van der Waals surface area contributed by atoms with Crippen molar-refractivity contribution in [3.8, 4) is 5.75 Å². The number of Topliss-reactive ketones (excluding diaryl/α,β-unsaturated/α-hetero) is 1. The first-order chi connectivity index (χ1) is 8.91. The standard InChI is InChI=1S/C14H15NO4/c1-8-4-5-13(15(9(2)16)10(3)17)12-6-11(18)7-19-14(8)12/h4-5H,6-7H2,1-3H3. The quantitative estimate of drug-likeness (QED) is 0.766. The van der Waals surface area contributed by atoms with E-state index in [1.54, 1.807) is 12.1 Å². The summed E-state index contributed by atoms with van der Waals surface area (Å²) < 4.78 is 5.42. The summed E-state index contributed by atoms with van der Waals surface area (Å²) in [5.41, 5.74) is 1.94. The van der Waals surface area contributed by atoms with Gasteiger partial charge in [-0.1, -0.05) is 6.07 Å². The van der Waals surface area contributed by atoms with Gasteiger partial charge in [-0.05, 0) is 18.6 Å². The van der Waals surface area contributed by atoms with Gasteiger partial charge in [0.1, 0.15) is 12.4 Å². The predicted octanol–water partition coefficient (Wildman–Crippen LogP) is 1.40. The zero-order valence-corrected chi connectivity index (χ0v) is 11.1. The van der Waals surface area contributed by atoms with Crippen LogP contribution in [0, 0.1) is 6.92 Å². The Hall–Kier alpha value is -2.17. The third-order valence-corrected chi connectivity index (χ3v) is 3.05. The second kappa shape index (κ2) is 4.84. The molecule has 19 heavy (non-hydrogen) atoms. The lowest BCUT2D eigenvalue weighted by atomic mass is 9.99. The number of ether oxygens (including phenoxy) is 1. The highest BCUT2D eigenvalue weighted by Crippen LogP contribution is 2.35. The van der Waals surface area contributed by atoms with Gasteiger partial charge in [-0.2, -0.15) is 0 Å². The van der Waals surface area contributed by atoms with E-state index in [-0.39, 0.29) is 30.6 Å². The highest BCUT2D eigenvalue weighted by atomic mass is 16.5. The lowest BCUT2D eigenvalue weighted by Gasteiger charge is -2.26. The molecule has 2 amide bonds. The first-order valence-corrected chi connectivity index (χ1v) is 6.00. The number of carbonyl (C=O) groups is 3. The van der Waals surface area contributed by atoms with Crippen LogP contribution in [0.25, 0.3) is 0 Å². The third kappa shape index (κ3) is 2.36. The van der Waals surface area contributed by atoms with E-state index in [0.29, 0.717) is 17.0 Å². The van der Waals surface area contributed by atoms with Crippen LogP contribution in [0.3, 0.4) is 0 Å². The molecule has 1 aliphatic rings. The Morgan fingerprint density at radius 1 is 1.21 bits per heavy atom. The summed E-state index contributed by atoms with van der Waals surface area (Å²) in [4.78, 5) is 35.8. The maximum absolute atomic E-state index is 11.6. The van der Waals surface area contributed by atoms with Crippen molar-refractivity contribution in [2.75, 3.05) is 11.5 Å². The van der Waals surface area contributed by atoms with Crippen molar-refractivity contribution in [2.45, 2.75) is 27.2 Å². The van der Waals surface area contributed by atoms with Crippen LogP contribution in [0.2, 0.25) is 0 Å². The third-order valence-electron chi connectivity index (χ3n) is 3.05. The number of hydrogen-bond donors (Lipinski definition) is 0. The van der Waals surface area contributed by atoms with Gasteiger partial charge in [-0.15, -0.1) is 0 Å². The summed E-state index contributed by atoms with van der Waals surface area (Å²) in [7, 11) is 0. The van der Waals surface area contributed by atoms with Gasteiger partial charge in [-0.3, -0.25) is 19.3 Å². The van der Waals surface area contributed by atoms with Crippen LogP contribution in [0.5, 0.6) is 5.75 Å². The highest BCUT2D eigenvalue weighted by Gasteiger charge is 2.27. The minimum absolute atomic E-state index is 0.0391. The van der Waals surface area contributed by atoms with Crippen LogP contribution in [0.15, 0.2) is 12.1 Å². The molecular formula is C14H15NO4. The van der Waals surface area contributed by atoms with E-state index in [1.165, 1.54) is 13.8 Å². The summed E-state index contributed by atoms with van der Waals surface area (Å²) >= 11 is 0. The molecule has 0 spiro atoms. The molecule has 0 atom stereocenters. The Morgan fingerprint density at radius 2 is 1.84 bits per heavy atom. The van der Waals surface area contributed by atoms with Crippen molar-refractivity contribution in [3.05, 3.63) is 23.3 Å². The van der Waals surface area contributed by atoms with E-state index in [4.69, 9.17) is 4.74 Å². The van der Waals surface area contributed by atoms with E-state index in [2.05, 4.69) is 0 Å². The molecule has 1 aliphatic heterocycles. The molecule has 0 fully saturated rings. The fourth-order valence-corrected chi connectivity index (χ4v) is 2.28. The van der Waals surface area contributed by atoms with Crippen molar-refractivity contribution in [3.63, 3.8) is 0 Å². The molecule has 0 radical (unpaired) electrons. The van der Waals surface area contributed by atoms with E-state index in [0.717, 1.165) is 10.5 Å². The van der Waals surface area contributed by atoms with Crippen LogP contribution in [0.4, 0.5) is 5.69 Å². The second-order valence-corrected chi connectivity index (χ2v) is 4.59. The number of nitrogens with zero attached hydrogens (tertiary/aromatic N) is 1. The van der Waals surface area contributed by atoms with E-state index >= 15 is 0 Å². The number of carbonyl (C=O) groups excluding carboxylic acids is 3. The van der Waals surface area contributed by atoms with Crippen LogP contribution in [0.1, 0.15) is 25.0 Å². The number of hydrogen-bond acceptors (Lipinski definition) is 4. The van der Waals surface area contributed by atoms with Gasteiger partial charge in [0.15, 0.2) is 5.78 Å². The second-order valence-electron chi connectivity index (χ2n) is 4.59. The Labute approximate surface area is 111 Å². The van der Waals surface area contributed by atoms with Crippen LogP contribution < -0.4 is 9.64 Å². The number of imide groups is 1. The van der Waals surface area contributed by atoms with Crippen LogP contribution >= 0.6 is 0 Å². The number of amides is 2. The lowest BCUT2D eigenvalue weighted by molar-refractivity contribution is -0.125. The Balaban J connectivity index is 2.61. The zero-order valence-electron chi connectivity index (χ0n) is 11.1. The molecule has 1 aromatic rings. The maximum Gasteiger partial charge on any atom is 0.230 e. The molecule has 1 aromatic carbocycles. The van der Waals surface area contributed by atoms with E-state index < -0.39 is 0 Å². The molecule has 5 nitrogen and oxygen atoms in total. The molecular weight excluding hydrogens is 246 g/mol. The molecule has 0 aromatic heterocycles. The smallest absolute Gasteiger partial charge is 0.230 e. The summed E-state index contributed by atoms with van der Waals surface area (Å²) in [5.74, 6) is -0.218. The first kappa shape index (κ1) is 13.3. The molecule has 1 heterocycles. The SMILES string of the molecule is CC(=O)N(C(C)=O)c1ccc(C)c2c1CC(=O)CO2. The molecule has 0 aliphatic carbocycles. The number of benzene rings is 1. The molecule has 2 rings (SSSR count). The van der Waals surface area contributed by atoms with Gasteiger partial charge in [0.25, 0.3) is 0 Å². The molecule has 100 valence electrons. The fraction of sp³-hybridized carbons (Fsp3) is 0.357. The normalized spacial score (nSPS) is 13.5. The largest absolute Gasteiger partial charge is 0.485 e.